The SMILES string of the molecule is CC(C(=O)N1CCc2ccccc21)n1nc(-c2cccs2)ccc1=O. The van der Waals surface area contributed by atoms with Crippen molar-refractivity contribution in [2.24, 2.45) is 0 Å². The number of rotatable bonds is 3. The maximum absolute atomic E-state index is 13.0. The van der Waals surface area contributed by atoms with E-state index in [9.17, 15) is 9.59 Å². The van der Waals surface area contributed by atoms with Gasteiger partial charge in [-0.25, -0.2) is 4.68 Å². The van der Waals surface area contributed by atoms with E-state index in [-0.39, 0.29) is 11.5 Å². The number of para-hydroxylation sites is 1. The van der Waals surface area contributed by atoms with E-state index in [1.54, 1.807) is 29.2 Å². The normalized spacial score (nSPS) is 14.4. The molecule has 1 aromatic carbocycles. The summed E-state index contributed by atoms with van der Waals surface area (Å²) in [6, 6.07) is 14.3. The first-order valence-electron chi connectivity index (χ1n) is 8.18. The van der Waals surface area contributed by atoms with E-state index >= 15 is 0 Å². The van der Waals surface area contributed by atoms with Gasteiger partial charge in [-0.05, 0) is 42.5 Å². The van der Waals surface area contributed by atoms with Gasteiger partial charge in [-0.1, -0.05) is 24.3 Å². The number of carbonyl (C=O) groups is 1. The number of benzene rings is 1. The zero-order valence-electron chi connectivity index (χ0n) is 13.8. The van der Waals surface area contributed by atoms with Gasteiger partial charge < -0.3 is 4.90 Å². The molecular weight excluding hydrogens is 334 g/mol. The Hall–Kier alpha value is -2.73. The summed E-state index contributed by atoms with van der Waals surface area (Å²) in [5, 5.41) is 6.39. The van der Waals surface area contributed by atoms with Gasteiger partial charge in [0.05, 0.1) is 4.88 Å². The molecule has 5 nitrogen and oxygen atoms in total. The molecule has 0 aliphatic carbocycles. The summed E-state index contributed by atoms with van der Waals surface area (Å²) in [7, 11) is 0. The maximum Gasteiger partial charge on any atom is 0.267 e. The van der Waals surface area contributed by atoms with Crippen molar-refractivity contribution >= 4 is 22.9 Å². The van der Waals surface area contributed by atoms with Crippen LogP contribution in [0.2, 0.25) is 0 Å². The second-order valence-corrected chi connectivity index (χ2v) is 6.97. The summed E-state index contributed by atoms with van der Waals surface area (Å²) in [6.07, 6.45) is 0.839. The van der Waals surface area contributed by atoms with Crippen LogP contribution in [0.25, 0.3) is 10.6 Å². The summed E-state index contributed by atoms with van der Waals surface area (Å²) < 4.78 is 1.29. The van der Waals surface area contributed by atoms with Crippen LogP contribution in [0.4, 0.5) is 5.69 Å². The minimum absolute atomic E-state index is 0.108. The highest BCUT2D eigenvalue weighted by atomic mass is 32.1. The molecule has 0 spiro atoms. The Morgan fingerprint density at radius 3 is 2.80 bits per heavy atom. The molecular formula is C19H17N3O2S. The van der Waals surface area contributed by atoms with E-state index in [0.29, 0.717) is 12.2 Å². The van der Waals surface area contributed by atoms with Crippen molar-refractivity contribution in [2.75, 3.05) is 11.4 Å². The van der Waals surface area contributed by atoms with E-state index in [1.807, 2.05) is 41.8 Å². The zero-order valence-corrected chi connectivity index (χ0v) is 14.6. The number of hydrogen-bond acceptors (Lipinski definition) is 4. The molecule has 1 aliphatic rings. The van der Waals surface area contributed by atoms with Gasteiger partial charge in [-0.2, -0.15) is 5.10 Å². The summed E-state index contributed by atoms with van der Waals surface area (Å²) in [5.41, 5.74) is 2.53. The molecule has 1 atom stereocenters. The van der Waals surface area contributed by atoms with E-state index in [2.05, 4.69) is 5.10 Å². The van der Waals surface area contributed by atoms with Crippen molar-refractivity contribution in [3.63, 3.8) is 0 Å². The third-order valence-corrected chi connectivity index (χ3v) is 5.37. The largest absolute Gasteiger partial charge is 0.310 e. The predicted molar refractivity (Wildman–Crippen MR) is 99.0 cm³/mol. The van der Waals surface area contributed by atoms with Crippen LogP contribution in [0, 0.1) is 0 Å². The fourth-order valence-electron chi connectivity index (χ4n) is 3.16. The summed E-state index contributed by atoms with van der Waals surface area (Å²) in [6.45, 7) is 2.37. The minimum Gasteiger partial charge on any atom is -0.310 e. The molecule has 25 heavy (non-hydrogen) atoms. The van der Waals surface area contributed by atoms with E-state index in [1.165, 1.54) is 10.7 Å². The highest BCUT2D eigenvalue weighted by Gasteiger charge is 2.29. The Bertz CT molecular complexity index is 978. The smallest absolute Gasteiger partial charge is 0.267 e. The van der Waals surface area contributed by atoms with Gasteiger partial charge in [0, 0.05) is 18.3 Å². The number of carbonyl (C=O) groups excluding carboxylic acids is 1. The molecule has 3 aromatic rings. The molecule has 0 bridgehead atoms. The average molecular weight is 351 g/mol. The van der Waals surface area contributed by atoms with E-state index in [0.717, 1.165) is 22.5 Å². The van der Waals surface area contributed by atoms with Crippen molar-refractivity contribution in [3.8, 4) is 10.6 Å². The van der Waals surface area contributed by atoms with Crippen LogP contribution in [0.15, 0.2) is 58.7 Å². The fraction of sp³-hybridized carbons (Fsp3) is 0.211. The summed E-state index contributed by atoms with van der Waals surface area (Å²) >= 11 is 1.55. The van der Waals surface area contributed by atoms with Crippen LogP contribution >= 0.6 is 11.3 Å². The number of amides is 1. The second kappa shape index (κ2) is 6.29. The molecule has 0 fully saturated rings. The number of thiophene rings is 1. The van der Waals surface area contributed by atoms with Gasteiger partial charge in [-0.15, -0.1) is 11.3 Å². The predicted octanol–water partition coefficient (Wildman–Crippen LogP) is 3.12. The molecule has 4 rings (SSSR count). The second-order valence-electron chi connectivity index (χ2n) is 6.02. The monoisotopic (exact) mass is 351 g/mol. The highest BCUT2D eigenvalue weighted by Crippen LogP contribution is 2.29. The highest BCUT2D eigenvalue weighted by molar-refractivity contribution is 7.13. The minimum atomic E-state index is -0.654. The molecule has 0 radical (unpaired) electrons. The summed E-state index contributed by atoms with van der Waals surface area (Å²) in [4.78, 5) is 28.0. The Kier molecular flexibility index (Phi) is 3.97. The zero-order chi connectivity index (χ0) is 17.4. The van der Waals surface area contributed by atoms with E-state index in [4.69, 9.17) is 0 Å². The van der Waals surface area contributed by atoms with Crippen molar-refractivity contribution in [2.45, 2.75) is 19.4 Å². The standard InChI is InChI=1S/C19H17N3O2S/c1-13(19(24)21-11-10-14-5-2-3-6-16(14)21)22-18(23)9-8-15(20-22)17-7-4-12-25-17/h2-9,12-13H,10-11H2,1H3. The van der Waals surface area contributed by atoms with Crippen LogP contribution in [-0.4, -0.2) is 22.2 Å². The molecule has 3 heterocycles. The lowest BCUT2D eigenvalue weighted by Crippen LogP contribution is -2.39. The van der Waals surface area contributed by atoms with Crippen LogP contribution in [0.3, 0.4) is 0 Å². The average Bonchev–Trinajstić information content (AvgIpc) is 3.31. The van der Waals surface area contributed by atoms with Crippen molar-refractivity contribution in [3.05, 3.63) is 69.8 Å². The van der Waals surface area contributed by atoms with Crippen LogP contribution in [0.5, 0.6) is 0 Å². The lowest BCUT2D eigenvalue weighted by molar-refractivity contribution is -0.121. The van der Waals surface area contributed by atoms with E-state index < -0.39 is 6.04 Å². The van der Waals surface area contributed by atoms with Gasteiger partial charge in [0.2, 0.25) is 0 Å². The number of nitrogens with zero attached hydrogens (tertiary/aromatic N) is 3. The Balaban J connectivity index is 1.67. The number of aromatic nitrogens is 2. The van der Waals surface area contributed by atoms with Gasteiger partial charge in [0.15, 0.2) is 0 Å². The summed E-state index contributed by atoms with van der Waals surface area (Å²) in [5.74, 6) is -0.108. The molecule has 0 saturated heterocycles. The fourth-order valence-corrected chi connectivity index (χ4v) is 3.85. The van der Waals surface area contributed by atoms with Crippen LogP contribution in [-0.2, 0) is 11.2 Å². The molecule has 1 aliphatic heterocycles. The number of anilines is 1. The molecule has 0 N–H and O–H groups in total. The molecule has 2 aromatic heterocycles. The van der Waals surface area contributed by atoms with Gasteiger partial charge >= 0.3 is 0 Å². The molecule has 1 amide bonds. The van der Waals surface area contributed by atoms with Crippen molar-refractivity contribution in [1.82, 2.24) is 9.78 Å². The van der Waals surface area contributed by atoms with Crippen LogP contribution in [0.1, 0.15) is 18.5 Å². The quantitative estimate of drug-likeness (QED) is 0.728. The third kappa shape index (κ3) is 2.78. The molecule has 1 unspecified atom stereocenters. The molecule has 126 valence electrons. The van der Waals surface area contributed by atoms with Gasteiger partial charge in [0.25, 0.3) is 11.5 Å². The third-order valence-electron chi connectivity index (χ3n) is 4.48. The molecule has 6 heteroatoms. The van der Waals surface area contributed by atoms with Crippen molar-refractivity contribution in [1.29, 1.82) is 0 Å². The van der Waals surface area contributed by atoms with Crippen LogP contribution < -0.4 is 10.5 Å². The lowest BCUT2D eigenvalue weighted by Gasteiger charge is -2.22. The Morgan fingerprint density at radius 2 is 2.00 bits per heavy atom. The number of fused-ring (bicyclic) bond motifs is 1. The first kappa shape index (κ1) is 15.8. The Morgan fingerprint density at radius 1 is 1.16 bits per heavy atom. The van der Waals surface area contributed by atoms with Gasteiger partial charge in [-0.3, -0.25) is 9.59 Å². The number of hydrogen-bond donors (Lipinski definition) is 0. The topological polar surface area (TPSA) is 55.2 Å². The maximum atomic E-state index is 13.0. The first-order valence-corrected chi connectivity index (χ1v) is 9.06. The van der Waals surface area contributed by atoms with Crippen molar-refractivity contribution < 1.29 is 4.79 Å². The van der Waals surface area contributed by atoms with Gasteiger partial charge in [0.1, 0.15) is 11.7 Å². The first-order chi connectivity index (χ1) is 12.1. The lowest BCUT2D eigenvalue weighted by atomic mass is 10.2. The molecule has 0 saturated carbocycles. The Labute approximate surface area is 149 Å².